The third-order valence-corrected chi connectivity index (χ3v) is 2.83. The number of carbonyl (C=O) groups excluding carboxylic acids is 1. The fourth-order valence-electron chi connectivity index (χ4n) is 1.60. The average molecular weight is 283 g/mol. The number of rotatable bonds is 3. The summed E-state index contributed by atoms with van der Waals surface area (Å²) in [5, 5.41) is 12.3. The number of nitrogens with one attached hydrogen (secondary N) is 1. The minimum Gasteiger partial charge on any atom is -0.321 e. The van der Waals surface area contributed by atoms with Crippen LogP contribution in [0.15, 0.2) is 60.2 Å². The Hall–Kier alpha value is -2.57. The van der Waals surface area contributed by atoms with Crippen LogP contribution in [0.5, 0.6) is 0 Å². The van der Waals surface area contributed by atoms with Crippen LogP contribution in [0.2, 0.25) is 5.02 Å². The Balaban J connectivity index is 2.16. The molecule has 98 valence electrons. The predicted molar refractivity (Wildman–Crippen MR) is 80.1 cm³/mol. The van der Waals surface area contributed by atoms with Crippen LogP contribution in [0.3, 0.4) is 0 Å². The number of anilines is 1. The van der Waals surface area contributed by atoms with Gasteiger partial charge in [-0.05, 0) is 35.9 Å². The second kappa shape index (κ2) is 6.55. The summed E-state index contributed by atoms with van der Waals surface area (Å²) in [5.41, 5.74) is 1.44. The standard InChI is InChI=1S/C16H11ClN2O/c17-14-6-8-15(9-7-14)19-16(20)13(11-18)10-12-4-2-1-3-5-12/h1-10H,(H,19,20)/b13-10+. The van der Waals surface area contributed by atoms with Gasteiger partial charge in [0.25, 0.3) is 5.91 Å². The van der Waals surface area contributed by atoms with Gasteiger partial charge in [-0.2, -0.15) is 5.26 Å². The van der Waals surface area contributed by atoms with Crippen molar-refractivity contribution < 1.29 is 4.79 Å². The smallest absolute Gasteiger partial charge is 0.266 e. The van der Waals surface area contributed by atoms with Crippen molar-refractivity contribution in [3.8, 4) is 6.07 Å². The van der Waals surface area contributed by atoms with E-state index in [0.717, 1.165) is 5.56 Å². The fraction of sp³-hybridized carbons (Fsp3) is 0. The van der Waals surface area contributed by atoms with Crippen LogP contribution in [0, 0.1) is 11.3 Å². The molecule has 0 aromatic heterocycles. The molecule has 0 spiro atoms. The van der Waals surface area contributed by atoms with Crippen molar-refractivity contribution in [3.63, 3.8) is 0 Å². The monoisotopic (exact) mass is 282 g/mol. The lowest BCUT2D eigenvalue weighted by molar-refractivity contribution is -0.112. The first-order valence-corrected chi connectivity index (χ1v) is 6.30. The highest BCUT2D eigenvalue weighted by Crippen LogP contribution is 2.15. The molecular weight excluding hydrogens is 272 g/mol. The predicted octanol–water partition coefficient (Wildman–Crippen LogP) is 3.89. The summed E-state index contributed by atoms with van der Waals surface area (Å²) < 4.78 is 0. The number of amides is 1. The lowest BCUT2D eigenvalue weighted by atomic mass is 10.1. The molecule has 0 saturated heterocycles. The van der Waals surface area contributed by atoms with Gasteiger partial charge in [-0.15, -0.1) is 0 Å². The van der Waals surface area contributed by atoms with Gasteiger partial charge in [0.2, 0.25) is 0 Å². The Kier molecular flexibility index (Phi) is 4.54. The van der Waals surface area contributed by atoms with E-state index in [1.165, 1.54) is 0 Å². The van der Waals surface area contributed by atoms with Crippen LogP contribution in [-0.4, -0.2) is 5.91 Å². The van der Waals surface area contributed by atoms with E-state index < -0.39 is 5.91 Å². The van der Waals surface area contributed by atoms with E-state index in [4.69, 9.17) is 16.9 Å². The quantitative estimate of drug-likeness (QED) is 0.686. The van der Waals surface area contributed by atoms with Gasteiger partial charge >= 0.3 is 0 Å². The van der Waals surface area contributed by atoms with E-state index in [1.54, 1.807) is 30.3 Å². The summed E-state index contributed by atoms with van der Waals surface area (Å²) in [6.45, 7) is 0. The number of nitriles is 1. The molecule has 0 aliphatic rings. The van der Waals surface area contributed by atoms with Crippen molar-refractivity contribution in [2.45, 2.75) is 0 Å². The summed E-state index contributed by atoms with van der Waals surface area (Å²) in [5.74, 6) is -0.446. The third-order valence-electron chi connectivity index (χ3n) is 2.58. The van der Waals surface area contributed by atoms with E-state index in [0.29, 0.717) is 10.7 Å². The molecule has 2 aromatic rings. The van der Waals surface area contributed by atoms with Crippen molar-refractivity contribution in [3.05, 3.63) is 70.8 Å². The van der Waals surface area contributed by atoms with Crippen LogP contribution < -0.4 is 5.32 Å². The fourth-order valence-corrected chi connectivity index (χ4v) is 1.72. The SMILES string of the molecule is N#C/C(=C\c1ccccc1)C(=O)Nc1ccc(Cl)cc1. The average Bonchev–Trinajstić information content (AvgIpc) is 2.48. The van der Waals surface area contributed by atoms with Gasteiger partial charge in [0.15, 0.2) is 0 Å². The molecule has 2 rings (SSSR count). The lowest BCUT2D eigenvalue weighted by Crippen LogP contribution is -2.13. The van der Waals surface area contributed by atoms with Gasteiger partial charge in [0.1, 0.15) is 11.6 Å². The van der Waals surface area contributed by atoms with Gasteiger partial charge in [0.05, 0.1) is 0 Å². The highest BCUT2D eigenvalue weighted by molar-refractivity contribution is 6.30. The van der Waals surface area contributed by atoms with Gasteiger partial charge < -0.3 is 5.32 Å². The van der Waals surface area contributed by atoms with Crippen molar-refractivity contribution >= 4 is 29.3 Å². The maximum atomic E-state index is 12.0. The minimum absolute atomic E-state index is 0.0474. The molecule has 2 aromatic carbocycles. The molecule has 1 amide bonds. The van der Waals surface area contributed by atoms with E-state index in [1.807, 2.05) is 36.4 Å². The van der Waals surface area contributed by atoms with Crippen molar-refractivity contribution in [1.82, 2.24) is 0 Å². The maximum absolute atomic E-state index is 12.0. The Morgan fingerprint density at radius 2 is 1.75 bits per heavy atom. The number of nitrogens with zero attached hydrogens (tertiary/aromatic N) is 1. The first-order valence-electron chi connectivity index (χ1n) is 5.93. The molecule has 0 radical (unpaired) electrons. The summed E-state index contributed by atoms with van der Waals surface area (Å²) in [4.78, 5) is 12.0. The molecular formula is C16H11ClN2O. The van der Waals surface area contributed by atoms with Crippen LogP contribution in [0.4, 0.5) is 5.69 Å². The van der Waals surface area contributed by atoms with Crippen LogP contribution in [0.25, 0.3) is 6.08 Å². The molecule has 0 bridgehead atoms. The first kappa shape index (κ1) is 13.9. The molecule has 3 nitrogen and oxygen atoms in total. The number of benzene rings is 2. The molecule has 0 aliphatic heterocycles. The molecule has 0 heterocycles. The van der Waals surface area contributed by atoms with Gasteiger partial charge in [-0.1, -0.05) is 41.9 Å². The Bertz CT molecular complexity index is 670. The van der Waals surface area contributed by atoms with Gasteiger partial charge in [0, 0.05) is 10.7 Å². The van der Waals surface area contributed by atoms with Gasteiger partial charge in [-0.3, -0.25) is 4.79 Å². The highest BCUT2D eigenvalue weighted by atomic mass is 35.5. The van der Waals surface area contributed by atoms with Crippen molar-refractivity contribution in [1.29, 1.82) is 5.26 Å². The van der Waals surface area contributed by atoms with Crippen LogP contribution in [-0.2, 0) is 4.79 Å². The number of hydrogen-bond acceptors (Lipinski definition) is 2. The highest BCUT2D eigenvalue weighted by Gasteiger charge is 2.09. The van der Waals surface area contributed by atoms with Gasteiger partial charge in [-0.25, -0.2) is 0 Å². The van der Waals surface area contributed by atoms with Crippen LogP contribution >= 0.6 is 11.6 Å². The molecule has 0 atom stereocenters. The zero-order chi connectivity index (χ0) is 14.4. The van der Waals surface area contributed by atoms with E-state index >= 15 is 0 Å². The molecule has 0 aliphatic carbocycles. The molecule has 0 unspecified atom stereocenters. The van der Waals surface area contributed by atoms with E-state index in [2.05, 4.69) is 5.32 Å². The summed E-state index contributed by atoms with van der Waals surface area (Å²) in [6.07, 6.45) is 1.55. The Morgan fingerprint density at radius 3 is 2.35 bits per heavy atom. The van der Waals surface area contributed by atoms with Crippen LogP contribution in [0.1, 0.15) is 5.56 Å². The zero-order valence-electron chi connectivity index (χ0n) is 10.5. The van der Waals surface area contributed by atoms with Crippen molar-refractivity contribution in [2.24, 2.45) is 0 Å². The normalized spacial score (nSPS) is 10.7. The van der Waals surface area contributed by atoms with Crippen molar-refractivity contribution in [2.75, 3.05) is 5.32 Å². The second-order valence-corrected chi connectivity index (χ2v) is 4.48. The summed E-state index contributed by atoms with van der Waals surface area (Å²) >= 11 is 5.77. The molecule has 0 fully saturated rings. The lowest BCUT2D eigenvalue weighted by Gasteiger charge is -2.04. The second-order valence-electron chi connectivity index (χ2n) is 4.04. The molecule has 4 heteroatoms. The summed E-state index contributed by atoms with van der Waals surface area (Å²) in [7, 11) is 0. The molecule has 20 heavy (non-hydrogen) atoms. The van der Waals surface area contributed by atoms with E-state index in [-0.39, 0.29) is 5.57 Å². The Morgan fingerprint density at radius 1 is 1.10 bits per heavy atom. The molecule has 1 N–H and O–H groups in total. The number of carbonyl (C=O) groups is 1. The number of hydrogen-bond donors (Lipinski definition) is 1. The molecule has 0 saturated carbocycles. The largest absolute Gasteiger partial charge is 0.321 e. The first-order chi connectivity index (χ1) is 9.69. The maximum Gasteiger partial charge on any atom is 0.266 e. The topological polar surface area (TPSA) is 52.9 Å². The third kappa shape index (κ3) is 3.71. The zero-order valence-corrected chi connectivity index (χ0v) is 11.3. The van der Waals surface area contributed by atoms with E-state index in [9.17, 15) is 4.79 Å². The summed E-state index contributed by atoms with van der Waals surface area (Å²) in [6, 6.07) is 17.8. The number of halogens is 1. The Labute approximate surface area is 122 Å². The minimum atomic E-state index is -0.446.